The van der Waals surface area contributed by atoms with Gasteiger partial charge < -0.3 is 10.6 Å². The van der Waals surface area contributed by atoms with Crippen LogP contribution in [0.25, 0.3) is 0 Å². The van der Waals surface area contributed by atoms with Gasteiger partial charge in [0.25, 0.3) is 0 Å². The van der Waals surface area contributed by atoms with Crippen LogP contribution in [0.3, 0.4) is 0 Å². The molecule has 2 N–H and O–H groups in total. The number of rotatable bonds is 7. The van der Waals surface area contributed by atoms with E-state index in [2.05, 4.69) is 56.9 Å². The van der Waals surface area contributed by atoms with Crippen molar-refractivity contribution < 1.29 is 0 Å². The zero-order chi connectivity index (χ0) is 19.1. The first-order chi connectivity index (χ1) is 13.2. The number of aliphatic imine (C=N–C) groups is 1. The summed E-state index contributed by atoms with van der Waals surface area (Å²) in [7, 11) is 1.84. The molecule has 0 radical (unpaired) electrons. The van der Waals surface area contributed by atoms with Crippen LogP contribution in [-0.4, -0.2) is 49.1 Å². The number of aromatic nitrogens is 1. The molecule has 0 aliphatic carbocycles. The minimum Gasteiger partial charge on any atom is -0.356 e. The maximum atomic E-state index is 4.43. The zero-order valence-electron chi connectivity index (χ0n) is 16.6. The van der Waals surface area contributed by atoms with Gasteiger partial charge >= 0.3 is 0 Å². The van der Waals surface area contributed by atoms with E-state index in [9.17, 15) is 0 Å². The van der Waals surface area contributed by atoms with E-state index in [1.807, 2.05) is 24.6 Å². The minimum atomic E-state index is 0.415. The fourth-order valence-electron chi connectivity index (χ4n) is 3.45. The lowest BCUT2D eigenvalue weighted by Crippen LogP contribution is -2.45. The number of piperidine rings is 1. The average Bonchev–Trinajstić information content (AvgIpc) is 3.34. The maximum absolute atomic E-state index is 4.43. The molecule has 2 aromatic rings. The highest BCUT2D eigenvalue weighted by molar-refractivity contribution is 7.11. The molecule has 1 aliphatic rings. The normalized spacial score (nSPS) is 17.8. The van der Waals surface area contributed by atoms with Gasteiger partial charge in [0.2, 0.25) is 0 Å². The first-order valence-corrected chi connectivity index (χ1v) is 11.5. The average molecular weight is 406 g/mol. The molecule has 3 heterocycles. The van der Waals surface area contributed by atoms with Crippen LogP contribution in [0.1, 0.15) is 40.6 Å². The van der Waals surface area contributed by atoms with Gasteiger partial charge in [0.05, 0.1) is 11.0 Å². The van der Waals surface area contributed by atoms with Crippen LogP contribution in [-0.2, 0) is 6.42 Å². The molecule has 148 valence electrons. The largest absolute Gasteiger partial charge is 0.356 e. The molecule has 2 aromatic heterocycles. The predicted octanol–water partition coefficient (Wildman–Crippen LogP) is 3.69. The van der Waals surface area contributed by atoms with Crippen LogP contribution in [0.4, 0.5) is 0 Å². The van der Waals surface area contributed by atoms with E-state index in [0.717, 1.165) is 31.4 Å². The standard InChI is InChI=1S/C20H31N5S2/c1-15-7-10-25(11-8-15)17(18-5-4-12-26-18)14-24-20(21-3)22-9-6-19-23-13-16(2)27-19/h4-5,12-13,15,17H,6-11,14H2,1-3H3,(H2,21,22,24). The summed E-state index contributed by atoms with van der Waals surface area (Å²) in [4.78, 5) is 14.2. The highest BCUT2D eigenvalue weighted by atomic mass is 32.1. The molecular weight excluding hydrogens is 374 g/mol. The Labute approximate surface area is 170 Å². The molecule has 0 spiro atoms. The van der Waals surface area contributed by atoms with Gasteiger partial charge in [0, 0.05) is 42.5 Å². The van der Waals surface area contributed by atoms with Crippen molar-refractivity contribution in [3.05, 3.63) is 38.5 Å². The molecule has 1 saturated heterocycles. The number of likely N-dealkylation sites (tertiary alicyclic amines) is 1. The third kappa shape index (κ3) is 6.02. The quantitative estimate of drug-likeness (QED) is 0.545. The van der Waals surface area contributed by atoms with E-state index >= 15 is 0 Å². The Morgan fingerprint density at radius 1 is 1.37 bits per heavy atom. The summed E-state index contributed by atoms with van der Waals surface area (Å²) in [6.07, 6.45) is 5.46. The van der Waals surface area contributed by atoms with E-state index in [1.165, 1.54) is 40.7 Å². The molecule has 5 nitrogen and oxygen atoms in total. The molecule has 0 bridgehead atoms. The number of aryl methyl sites for hydroxylation is 1. The molecule has 1 unspecified atom stereocenters. The van der Waals surface area contributed by atoms with Crippen LogP contribution >= 0.6 is 22.7 Å². The van der Waals surface area contributed by atoms with Crippen molar-refractivity contribution in [3.63, 3.8) is 0 Å². The van der Waals surface area contributed by atoms with E-state index in [0.29, 0.717) is 6.04 Å². The van der Waals surface area contributed by atoms with Crippen LogP contribution in [0.5, 0.6) is 0 Å². The van der Waals surface area contributed by atoms with Crippen LogP contribution in [0.2, 0.25) is 0 Å². The zero-order valence-corrected chi connectivity index (χ0v) is 18.2. The Bertz CT molecular complexity index is 702. The molecule has 0 saturated carbocycles. The molecule has 27 heavy (non-hydrogen) atoms. The summed E-state index contributed by atoms with van der Waals surface area (Å²) in [5.74, 6) is 1.72. The van der Waals surface area contributed by atoms with Crippen molar-refractivity contribution in [2.45, 2.75) is 39.2 Å². The molecule has 1 fully saturated rings. The fourth-order valence-corrected chi connectivity index (χ4v) is 5.10. The first-order valence-electron chi connectivity index (χ1n) is 9.79. The molecule has 1 aliphatic heterocycles. The van der Waals surface area contributed by atoms with Crippen LogP contribution in [0.15, 0.2) is 28.7 Å². The smallest absolute Gasteiger partial charge is 0.191 e. The van der Waals surface area contributed by atoms with E-state index in [1.54, 1.807) is 11.3 Å². The number of guanidine groups is 1. The van der Waals surface area contributed by atoms with Gasteiger partial charge in [-0.1, -0.05) is 13.0 Å². The molecule has 0 amide bonds. The summed E-state index contributed by atoms with van der Waals surface area (Å²) >= 11 is 3.62. The SMILES string of the molecule is CN=C(NCCc1ncc(C)s1)NCC(c1cccs1)N1CCC(C)CC1. The van der Waals surface area contributed by atoms with E-state index in [4.69, 9.17) is 0 Å². The number of thiazole rings is 1. The highest BCUT2D eigenvalue weighted by Gasteiger charge is 2.25. The second-order valence-electron chi connectivity index (χ2n) is 7.24. The van der Waals surface area contributed by atoms with Gasteiger partial charge in [-0.3, -0.25) is 9.89 Å². The second kappa shape index (κ2) is 10.2. The second-order valence-corrected chi connectivity index (χ2v) is 9.54. The number of hydrogen-bond acceptors (Lipinski definition) is 5. The lowest BCUT2D eigenvalue weighted by molar-refractivity contribution is 0.140. The van der Waals surface area contributed by atoms with Crippen LogP contribution < -0.4 is 10.6 Å². The lowest BCUT2D eigenvalue weighted by atomic mass is 9.97. The molecule has 3 rings (SSSR count). The Kier molecular flexibility index (Phi) is 7.67. The van der Waals surface area contributed by atoms with Crippen molar-refractivity contribution in [1.29, 1.82) is 0 Å². The summed E-state index contributed by atoms with van der Waals surface area (Å²) in [5.41, 5.74) is 0. The maximum Gasteiger partial charge on any atom is 0.191 e. The van der Waals surface area contributed by atoms with Gasteiger partial charge in [0.1, 0.15) is 0 Å². The summed E-state index contributed by atoms with van der Waals surface area (Å²) < 4.78 is 0. The van der Waals surface area contributed by atoms with Crippen molar-refractivity contribution >= 4 is 28.6 Å². The number of nitrogens with zero attached hydrogens (tertiary/aromatic N) is 3. The number of thiophene rings is 1. The number of nitrogens with one attached hydrogen (secondary N) is 2. The van der Waals surface area contributed by atoms with Gasteiger partial charge in [-0.05, 0) is 50.2 Å². The minimum absolute atomic E-state index is 0.415. The van der Waals surface area contributed by atoms with Crippen LogP contribution in [0, 0.1) is 12.8 Å². The van der Waals surface area contributed by atoms with E-state index < -0.39 is 0 Å². The summed E-state index contributed by atoms with van der Waals surface area (Å²) in [6, 6.07) is 4.83. The van der Waals surface area contributed by atoms with Gasteiger partial charge in [-0.15, -0.1) is 22.7 Å². The molecular formula is C20H31N5S2. The Hall–Kier alpha value is -1.44. The topological polar surface area (TPSA) is 52.6 Å². The van der Waals surface area contributed by atoms with Crippen molar-refractivity contribution in [2.24, 2.45) is 10.9 Å². The van der Waals surface area contributed by atoms with Crippen molar-refractivity contribution in [3.8, 4) is 0 Å². The third-order valence-corrected chi connectivity index (χ3v) is 7.06. The van der Waals surface area contributed by atoms with Gasteiger partial charge in [-0.2, -0.15) is 0 Å². The van der Waals surface area contributed by atoms with Gasteiger partial charge in [0.15, 0.2) is 5.96 Å². The first kappa shape index (κ1) is 20.3. The van der Waals surface area contributed by atoms with Crippen molar-refractivity contribution in [2.75, 3.05) is 33.2 Å². The molecule has 0 aromatic carbocycles. The monoisotopic (exact) mass is 405 g/mol. The lowest BCUT2D eigenvalue weighted by Gasteiger charge is -2.36. The Morgan fingerprint density at radius 2 is 2.19 bits per heavy atom. The Morgan fingerprint density at radius 3 is 2.81 bits per heavy atom. The molecule has 7 heteroatoms. The Balaban J connectivity index is 1.52. The van der Waals surface area contributed by atoms with E-state index in [-0.39, 0.29) is 0 Å². The number of hydrogen-bond donors (Lipinski definition) is 2. The molecule has 1 atom stereocenters. The summed E-state index contributed by atoms with van der Waals surface area (Å²) in [6.45, 7) is 8.55. The van der Waals surface area contributed by atoms with Gasteiger partial charge in [-0.25, -0.2) is 4.98 Å². The van der Waals surface area contributed by atoms with Crippen molar-refractivity contribution in [1.82, 2.24) is 20.5 Å². The highest BCUT2D eigenvalue weighted by Crippen LogP contribution is 2.29. The third-order valence-electron chi connectivity index (χ3n) is 5.12. The summed E-state index contributed by atoms with van der Waals surface area (Å²) in [5, 5.41) is 10.3. The predicted molar refractivity (Wildman–Crippen MR) is 117 cm³/mol. The fraction of sp³-hybridized carbons (Fsp3) is 0.600.